The van der Waals surface area contributed by atoms with E-state index in [2.05, 4.69) is 0 Å². The lowest BCUT2D eigenvalue weighted by Gasteiger charge is -2.12. The fraction of sp³-hybridized carbons (Fsp3) is 0.133. The van der Waals surface area contributed by atoms with Crippen LogP contribution in [0, 0.1) is 0 Å². The molecule has 0 saturated heterocycles. The minimum Gasteiger partial charge on any atom is -0.368 e. The van der Waals surface area contributed by atoms with Crippen molar-refractivity contribution >= 4 is 5.91 Å². The fourth-order valence-corrected chi connectivity index (χ4v) is 1.94. The topological polar surface area (TPSA) is 69.1 Å². The van der Waals surface area contributed by atoms with Crippen molar-refractivity contribution in [1.29, 1.82) is 0 Å². The fourth-order valence-electron chi connectivity index (χ4n) is 1.94. The summed E-state index contributed by atoms with van der Waals surface area (Å²) in [6.07, 6.45) is 0.459. The van der Waals surface area contributed by atoms with Gasteiger partial charge in [0.25, 0.3) is 0 Å². The normalized spacial score (nSPS) is 12.1. The third-order valence-corrected chi connectivity index (χ3v) is 2.91. The molecule has 2 aromatic carbocycles. The summed E-state index contributed by atoms with van der Waals surface area (Å²) in [5, 5.41) is 0. The standard InChI is InChI=1S/C15H16N2O/c16-14(15(17)18)10-12-8-4-5-9-13(12)11-6-2-1-3-7-11/h1-9,14H,10,16H2,(H2,17,18). The average molecular weight is 240 g/mol. The smallest absolute Gasteiger partial charge is 0.234 e. The van der Waals surface area contributed by atoms with Crippen LogP contribution in [-0.4, -0.2) is 11.9 Å². The highest BCUT2D eigenvalue weighted by Gasteiger charge is 2.12. The summed E-state index contributed by atoms with van der Waals surface area (Å²) in [5.74, 6) is -0.474. The Morgan fingerprint density at radius 3 is 2.28 bits per heavy atom. The van der Waals surface area contributed by atoms with E-state index in [4.69, 9.17) is 11.5 Å². The number of benzene rings is 2. The Morgan fingerprint density at radius 1 is 1.00 bits per heavy atom. The summed E-state index contributed by atoms with van der Waals surface area (Å²) in [5.41, 5.74) is 14.2. The molecule has 0 spiro atoms. The maximum Gasteiger partial charge on any atom is 0.234 e. The van der Waals surface area contributed by atoms with Crippen molar-refractivity contribution in [2.45, 2.75) is 12.5 Å². The lowest BCUT2D eigenvalue weighted by Crippen LogP contribution is -2.38. The molecular formula is C15H16N2O. The molecule has 18 heavy (non-hydrogen) atoms. The zero-order valence-corrected chi connectivity index (χ0v) is 10.0. The van der Waals surface area contributed by atoms with Gasteiger partial charge in [0.2, 0.25) is 5.91 Å². The number of carbonyl (C=O) groups is 1. The van der Waals surface area contributed by atoms with E-state index in [1.165, 1.54) is 0 Å². The number of amides is 1. The van der Waals surface area contributed by atoms with Gasteiger partial charge in [-0.15, -0.1) is 0 Å². The van der Waals surface area contributed by atoms with Gasteiger partial charge in [-0.05, 0) is 23.1 Å². The molecule has 4 N–H and O–H groups in total. The molecule has 0 fully saturated rings. The second kappa shape index (κ2) is 5.47. The first-order valence-electron chi connectivity index (χ1n) is 5.86. The summed E-state index contributed by atoms with van der Waals surface area (Å²) < 4.78 is 0. The van der Waals surface area contributed by atoms with E-state index in [1.807, 2.05) is 54.6 Å². The molecule has 0 radical (unpaired) electrons. The summed E-state index contributed by atoms with van der Waals surface area (Å²) in [7, 11) is 0. The van der Waals surface area contributed by atoms with Crippen LogP contribution in [0.4, 0.5) is 0 Å². The van der Waals surface area contributed by atoms with E-state index in [9.17, 15) is 4.79 Å². The molecule has 1 unspecified atom stereocenters. The first-order chi connectivity index (χ1) is 8.68. The van der Waals surface area contributed by atoms with Gasteiger partial charge in [-0.25, -0.2) is 0 Å². The minimum atomic E-state index is -0.644. The Labute approximate surface area is 106 Å². The van der Waals surface area contributed by atoms with Crippen molar-refractivity contribution in [1.82, 2.24) is 0 Å². The molecule has 0 aromatic heterocycles. The van der Waals surface area contributed by atoms with Gasteiger partial charge in [0, 0.05) is 0 Å². The number of rotatable bonds is 4. The van der Waals surface area contributed by atoms with Crippen molar-refractivity contribution in [3.8, 4) is 11.1 Å². The molecule has 3 nitrogen and oxygen atoms in total. The number of carbonyl (C=O) groups excluding carboxylic acids is 1. The van der Waals surface area contributed by atoms with E-state index < -0.39 is 11.9 Å². The van der Waals surface area contributed by atoms with Gasteiger partial charge in [0.05, 0.1) is 6.04 Å². The highest BCUT2D eigenvalue weighted by atomic mass is 16.1. The Bertz CT molecular complexity index is 537. The van der Waals surface area contributed by atoms with Gasteiger partial charge < -0.3 is 11.5 Å². The summed E-state index contributed by atoms with van der Waals surface area (Å²) in [4.78, 5) is 11.0. The van der Waals surface area contributed by atoms with E-state index >= 15 is 0 Å². The molecule has 2 aromatic rings. The molecule has 0 aliphatic heterocycles. The van der Waals surface area contributed by atoms with Gasteiger partial charge in [-0.3, -0.25) is 4.79 Å². The molecule has 0 aliphatic rings. The highest BCUT2D eigenvalue weighted by molar-refractivity contribution is 5.80. The van der Waals surface area contributed by atoms with Crippen LogP contribution in [0.3, 0.4) is 0 Å². The summed E-state index contributed by atoms with van der Waals surface area (Å²) >= 11 is 0. The Hall–Kier alpha value is -2.13. The monoisotopic (exact) mass is 240 g/mol. The van der Waals surface area contributed by atoms with E-state index in [0.717, 1.165) is 16.7 Å². The van der Waals surface area contributed by atoms with E-state index in [-0.39, 0.29) is 0 Å². The van der Waals surface area contributed by atoms with Crippen molar-refractivity contribution in [3.05, 3.63) is 60.2 Å². The van der Waals surface area contributed by atoms with Gasteiger partial charge in [-0.1, -0.05) is 54.6 Å². The van der Waals surface area contributed by atoms with Gasteiger partial charge in [0.1, 0.15) is 0 Å². The number of hydrogen-bond donors (Lipinski definition) is 2. The van der Waals surface area contributed by atoms with Crippen LogP contribution in [0.2, 0.25) is 0 Å². The second-order valence-corrected chi connectivity index (χ2v) is 4.24. The summed E-state index contributed by atoms with van der Waals surface area (Å²) in [6, 6.07) is 17.3. The molecule has 0 saturated carbocycles. The number of primary amides is 1. The molecule has 0 aliphatic carbocycles. The van der Waals surface area contributed by atoms with Gasteiger partial charge >= 0.3 is 0 Å². The molecule has 0 heterocycles. The molecule has 92 valence electrons. The second-order valence-electron chi connectivity index (χ2n) is 4.24. The van der Waals surface area contributed by atoms with Crippen molar-refractivity contribution in [2.24, 2.45) is 11.5 Å². The molecule has 2 rings (SSSR count). The molecular weight excluding hydrogens is 224 g/mol. The maximum atomic E-state index is 11.0. The van der Waals surface area contributed by atoms with Crippen LogP contribution in [0.5, 0.6) is 0 Å². The Morgan fingerprint density at radius 2 is 1.61 bits per heavy atom. The Balaban J connectivity index is 2.35. The van der Waals surface area contributed by atoms with Crippen molar-refractivity contribution in [3.63, 3.8) is 0 Å². The first kappa shape index (κ1) is 12.3. The van der Waals surface area contributed by atoms with Gasteiger partial charge in [-0.2, -0.15) is 0 Å². The largest absolute Gasteiger partial charge is 0.368 e. The van der Waals surface area contributed by atoms with E-state index in [0.29, 0.717) is 6.42 Å². The third-order valence-electron chi connectivity index (χ3n) is 2.91. The predicted octanol–water partition coefficient (Wildman–Crippen LogP) is 1.71. The number of nitrogens with two attached hydrogens (primary N) is 2. The zero-order chi connectivity index (χ0) is 13.0. The quantitative estimate of drug-likeness (QED) is 0.854. The van der Waals surface area contributed by atoms with Crippen LogP contribution < -0.4 is 11.5 Å². The highest BCUT2D eigenvalue weighted by Crippen LogP contribution is 2.24. The SMILES string of the molecule is NC(=O)C(N)Cc1ccccc1-c1ccccc1. The van der Waals surface area contributed by atoms with Crippen LogP contribution in [-0.2, 0) is 11.2 Å². The molecule has 0 bridgehead atoms. The number of hydrogen-bond acceptors (Lipinski definition) is 2. The average Bonchev–Trinajstić information content (AvgIpc) is 2.40. The molecule has 3 heteroatoms. The third kappa shape index (κ3) is 2.76. The summed E-state index contributed by atoms with van der Waals surface area (Å²) in [6.45, 7) is 0. The lowest BCUT2D eigenvalue weighted by molar-refractivity contribution is -0.119. The van der Waals surface area contributed by atoms with Crippen LogP contribution in [0.15, 0.2) is 54.6 Å². The van der Waals surface area contributed by atoms with Crippen molar-refractivity contribution < 1.29 is 4.79 Å². The first-order valence-corrected chi connectivity index (χ1v) is 5.86. The predicted molar refractivity (Wildman–Crippen MR) is 72.8 cm³/mol. The van der Waals surface area contributed by atoms with Crippen LogP contribution in [0.1, 0.15) is 5.56 Å². The molecule has 1 atom stereocenters. The van der Waals surface area contributed by atoms with E-state index in [1.54, 1.807) is 0 Å². The van der Waals surface area contributed by atoms with Crippen molar-refractivity contribution in [2.75, 3.05) is 0 Å². The Kier molecular flexibility index (Phi) is 3.75. The van der Waals surface area contributed by atoms with Gasteiger partial charge in [0.15, 0.2) is 0 Å². The zero-order valence-electron chi connectivity index (χ0n) is 10.0. The lowest BCUT2D eigenvalue weighted by atomic mass is 9.95. The maximum absolute atomic E-state index is 11.0. The minimum absolute atomic E-state index is 0.459. The molecule has 1 amide bonds. The van der Waals surface area contributed by atoms with Crippen LogP contribution >= 0.6 is 0 Å². The van der Waals surface area contributed by atoms with Crippen LogP contribution in [0.25, 0.3) is 11.1 Å².